The van der Waals surface area contributed by atoms with E-state index in [4.69, 9.17) is 11.5 Å². The van der Waals surface area contributed by atoms with Crippen molar-refractivity contribution in [2.24, 2.45) is 17.4 Å². The number of amides is 14. The predicted molar refractivity (Wildman–Crippen MR) is 357 cm³/mol. The Morgan fingerprint density at radius 1 is 0.566 bits per heavy atom. The maximum atomic E-state index is 14.3. The van der Waals surface area contributed by atoms with Crippen molar-refractivity contribution in [2.75, 3.05) is 50.6 Å². The fourth-order valence-corrected chi connectivity index (χ4v) is 11.1. The summed E-state index contributed by atoms with van der Waals surface area (Å²) in [4.78, 5) is 203. The first-order chi connectivity index (χ1) is 46.7. The molecule has 2 fully saturated rings. The van der Waals surface area contributed by atoms with Crippen LogP contribution in [0.1, 0.15) is 98.5 Å². The Labute approximate surface area is 581 Å². The van der Waals surface area contributed by atoms with E-state index < -0.39 is 224 Å². The molecule has 2 heterocycles. The molecule has 36 nitrogen and oxygen atoms in total. The van der Waals surface area contributed by atoms with Crippen LogP contribution in [0.4, 0.5) is 0 Å². The number of hydrogen-bond acceptors (Lipinski definition) is 23. The number of carbonyl (C=O) groups excluding carboxylic acids is 14. The van der Waals surface area contributed by atoms with Crippen LogP contribution in [0.15, 0.2) is 30.3 Å². The summed E-state index contributed by atoms with van der Waals surface area (Å²) in [7, 11) is 0. The van der Waals surface area contributed by atoms with Crippen molar-refractivity contribution >= 4 is 113 Å². The van der Waals surface area contributed by atoms with Gasteiger partial charge >= 0.3 is 5.97 Å². The molecule has 554 valence electrons. The SMILES string of the molecule is CC[C@H](C)[C@H](NC(=O)[C@@H](NC(=O)[C@H](CS)NC(=O)[C@@H](N)[C@@H](C)O)[C@@H](C)O)C(=O)N1CCC[C@H]1C(=O)N[C@@H](C)C(=O)N[C@@H](CCC(N)=O)C(=O)NCC(=O)N[C@H](C(=O)N[C@@H](CO)C(=O)N[C@@H](CCSC)C(=O)N[C@@H](Cc1ccccc1)C(=O)N1CCC[C@H]1C(=O)N[C@@H](CO)C(=O)O)[C@@H](C)O. The number of carboxylic acid groups (broad SMARTS) is 1. The molecule has 0 aromatic heterocycles. The summed E-state index contributed by atoms with van der Waals surface area (Å²) >= 11 is 5.37. The molecule has 0 unspecified atom stereocenters. The second-order valence-electron chi connectivity index (χ2n) is 24.2. The van der Waals surface area contributed by atoms with Crippen molar-refractivity contribution < 1.29 is 103 Å². The van der Waals surface area contributed by atoms with E-state index in [9.17, 15) is 103 Å². The molecule has 0 spiro atoms. The summed E-state index contributed by atoms with van der Waals surface area (Å²) in [5.41, 5.74) is 11.6. The Morgan fingerprint density at radius 3 is 1.58 bits per heavy atom. The van der Waals surface area contributed by atoms with Gasteiger partial charge in [0.1, 0.15) is 78.5 Å². The monoisotopic (exact) mass is 1440 g/mol. The van der Waals surface area contributed by atoms with Gasteiger partial charge in [-0.25, -0.2) is 4.79 Å². The highest BCUT2D eigenvalue weighted by molar-refractivity contribution is 7.98. The van der Waals surface area contributed by atoms with Gasteiger partial charge in [0.15, 0.2) is 0 Å². The molecule has 17 atom stereocenters. The van der Waals surface area contributed by atoms with Crippen LogP contribution in [-0.4, -0.2) is 277 Å². The zero-order valence-corrected chi connectivity index (χ0v) is 57.9. The second kappa shape index (κ2) is 42.0. The first kappa shape index (κ1) is 85.0. The van der Waals surface area contributed by atoms with Gasteiger partial charge in [-0.3, -0.25) is 67.1 Å². The molecule has 99 heavy (non-hydrogen) atoms. The highest BCUT2D eigenvalue weighted by Crippen LogP contribution is 2.23. The molecule has 1 aromatic carbocycles. The van der Waals surface area contributed by atoms with Crippen LogP contribution in [0.5, 0.6) is 0 Å². The summed E-state index contributed by atoms with van der Waals surface area (Å²) in [6.07, 6.45) is -2.74. The Balaban J connectivity index is 1.70. The maximum Gasteiger partial charge on any atom is 0.328 e. The summed E-state index contributed by atoms with van der Waals surface area (Å²) in [6, 6.07) is -10.9. The van der Waals surface area contributed by atoms with Crippen molar-refractivity contribution in [3.05, 3.63) is 35.9 Å². The molecule has 1 aromatic rings. The molecule has 14 amide bonds. The van der Waals surface area contributed by atoms with Crippen LogP contribution in [0.25, 0.3) is 0 Å². The number of nitrogens with two attached hydrogens (primary N) is 2. The first-order valence-corrected chi connectivity index (χ1v) is 34.3. The van der Waals surface area contributed by atoms with Gasteiger partial charge in [0.05, 0.1) is 38.1 Å². The number of primary amides is 1. The van der Waals surface area contributed by atoms with E-state index in [1.54, 1.807) is 50.4 Å². The fourth-order valence-electron chi connectivity index (χ4n) is 10.4. The molecule has 2 aliphatic rings. The lowest BCUT2D eigenvalue weighted by atomic mass is 9.96. The van der Waals surface area contributed by atoms with E-state index in [-0.39, 0.29) is 50.3 Å². The van der Waals surface area contributed by atoms with Crippen molar-refractivity contribution in [3.8, 4) is 0 Å². The molecule has 0 bridgehead atoms. The quantitative estimate of drug-likeness (QED) is 0.0271. The number of aliphatic carboxylic acids is 1. The summed E-state index contributed by atoms with van der Waals surface area (Å²) in [5, 5.41) is 86.3. The van der Waals surface area contributed by atoms with Crippen molar-refractivity contribution in [3.63, 3.8) is 0 Å². The first-order valence-electron chi connectivity index (χ1n) is 32.2. The molecule has 2 saturated heterocycles. The average molecular weight is 1440 g/mol. The number of aliphatic hydroxyl groups is 5. The van der Waals surface area contributed by atoms with E-state index in [2.05, 4.69) is 71.1 Å². The number of hydrogen-bond donors (Lipinski definition) is 20. The third-order valence-corrected chi connectivity index (χ3v) is 17.5. The zero-order valence-electron chi connectivity index (χ0n) is 56.2. The normalized spacial score (nSPS) is 18.8. The highest BCUT2D eigenvalue weighted by Gasteiger charge is 2.44. The number of rotatable bonds is 41. The number of nitrogens with one attached hydrogen (secondary N) is 11. The summed E-state index contributed by atoms with van der Waals surface area (Å²) in [5.74, 6) is -15.4. The molecular formula is C61H97N15O21S2. The topological polar surface area (TPSA) is 568 Å². The van der Waals surface area contributed by atoms with E-state index in [1.165, 1.54) is 42.3 Å². The molecular weight excluding hydrogens is 1340 g/mol. The smallest absolute Gasteiger partial charge is 0.328 e. The minimum absolute atomic E-state index is 0.0223. The molecule has 3 rings (SSSR count). The zero-order chi connectivity index (χ0) is 74.5. The largest absolute Gasteiger partial charge is 0.480 e. The van der Waals surface area contributed by atoms with E-state index in [1.807, 2.05) is 0 Å². The van der Waals surface area contributed by atoms with Crippen molar-refractivity contribution in [2.45, 2.75) is 196 Å². The molecule has 0 saturated carbocycles. The van der Waals surface area contributed by atoms with E-state index in [0.29, 0.717) is 24.8 Å². The van der Waals surface area contributed by atoms with Gasteiger partial charge in [-0.2, -0.15) is 24.4 Å². The minimum Gasteiger partial charge on any atom is -0.480 e. The van der Waals surface area contributed by atoms with Gasteiger partial charge in [-0.05, 0) is 89.7 Å². The number of thiol groups is 1. The van der Waals surface area contributed by atoms with Crippen LogP contribution in [0.3, 0.4) is 0 Å². The number of thioether (sulfide) groups is 1. The lowest BCUT2D eigenvalue weighted by Gasteiger charge is -2.33. The maximum absolute atomic E-state index is 14.3. The van der Waals surface area contributed by atoms with Gasteiger partial charge < -0.3 is 110 Å². The van der Waals surface area contributed by atoms with Gasteiger partial charge in [0.25, 0.3) is 0 Å². The van der Waals surface area contributed by atoms with Gasteiger partial charge in [0, 0.05) is 31.7 Å². The van der Waals surface area contributed by atoms with Crippen molar-refractivity contribution in [1.29, 1.82) is 0 Å². The van der Waals surface area contributed by atoms with Gasteiger partial charge in [-0.1, -0.05) is 50.6 Å². The second-order valence-corrected chi connectivity index (χ2v) is 25.6. The Morgan fingerprint density at radius 2 is 1.05 bits per heavy atom. The lowest BCUT2D eigenvalue weighted by molar-refractivity contribution is -0.145. The van der Waals surface area contributed by atoms with Crippen molar-refractivity contribution in [1.82, 2.24) is 68.3 Å². The summed E-state index contributed by atoms with van der Waals surface area (Å²) in [6.45, 7) is 5.24. The Hall–Kier alpha value is -8.27. The summed E-state index contributed by atoms with van der Waals surface area (Å²) < 4.78 is 0. The van der Waals surface area contributed by atoms with E-state index in [0.717, 1.165) is 6.92 Å². The molecule has 0 aliphatic carbocycles. The van der Waals surface area contributed by atoms with Crippen LogP contribution in [0.2, 0.25) is 0 Å². The molecule has 38 heteroatoms. The third-order valence-electron chi connectivity index (χ3n) is 16.5. The van der Waals surface area contributed by atoms with Crippen LogP contribution < -0.4 is 70.0 Å². The number of nitrogens with zero attached hydrogens (tertiary/aromatic N) is 2. The van der Waals surface area contributed by atoms with Gasteiger partial charge in [0.2, 0.25) is 82.7 Å². The van der Waals surface area contributed by atoms with Crippen LogP contribution in [-0.2, 0) is 78.3 Å². The predicted octanol–water partition coefficient (Wildman–Crippen LogP) is -8.27. The van der Waals surface area contributed by atoms with Gasteiger partial charge in [-0.15, -0.1) is 0 Å². The minimum atomic E-state index is -1.88. The number of carboxylic acids is 1. The number of aliphatic hydroxyl groups excluding tert-OH is 5. The molecule has 0 radical (unpaired) electrons. The molecule has 21 N–H and O–H groups in total. The number of benzene rings is 1. The third kappa shape index (κ3) is 26.4. The molecule has 2 aliphatic heterocycles. The number of carbonyl (C=O) groups is 15. The lowest BCUT2D eigenvalue weighted by Crippen LogP contribution is -2.62. The standard InChI is InChI=1S/C61H97N15O21S2/c1-8-29(2)46(73-58(93)48(33(6)81)74-53(88)40(28-98)71-56(91)45(63)31(4)79)60(95)76-22-13-16-41(76)54(89)65-30(3)49(84)66-35(18-19-43(62)82)50(85)64-25-44(83)72-47(32(5)80)57(92)69-38(26-77)52(87)67-36(20-23-99-7)51(86)68-37(24-34-14-10-9-11-15-34)59(94)75-21-12-17-42(75)55(90)70-39(27-78)61(96)97/h9-11,14-15,29-33,35-42,45-48,77-81,98H,8,12-13,16-28,63H2,1-7H3,(H2,62,82)(H,64,85)(H,65,89)(H,66,84)(H,67,87)(H,68,86)(H,69,92)(H,70,90)(H,71,91)(H,72,83)(H,73,93)(H,74,88)(H,96,97)/t29-,30-,31+,32+,33+,35-,36-,37-,38-,39-,40-,41-,42-,45-,46-,47-,48-/m0/s1. The Kier molecular flexibility index (Phi) is 36.0. The van der Waals surface area contributed by atoms with Crippen LogP contribution in [0, 0.1) is 5.92 Å². The van der Waals surface area contributed by atoms with Crippen LogP contribution >= 0.6 is 24.4 Å². The van der Waals surface area contributed by atoms with E-state index >= 15 is 0 Å². The Bertz CT molecular complexity index is 2990. The fraction of sp³-hybridized carbons (Fsp3) is 0.656. The average Bonchev–Trinajstić information content (AvgIpc) is 1.73. The highest BCUT2D eigenvalue weighted by atomic mass is 32.2. The number of likely N-dealkylation sites (tertiary alicyclic amines) is 2.